The van der Waals surface area contributed by atoms with E-state index in [1.54, 1.807) is 0 Å². The highest BCUT2D eigenvalue weighted by Crippen LogP contribution is 2.29. The molecule has 3 nitrogen and oxygen atoms in total. The van der Waals surface area contributed by atoms with Crippen molar-refractivity contribution in [2.24, 2.45) is 5.92 Å². The third kappa shape index (κ3) is 9.96. The zero-order valence-electron chi connectivity index (χ0n) is 17.6. The first-order valence-electron chi connectivity index (χ1n) is 11.2. The highest BCUT2D eigenvalue weighted by Gasteiger charge is 2.30. The van der Waals surface area contributed by atoms with E-state index in [1.807, 2.05) is 0 Å². The van der Waals surface area contributed by atoms with E-state index < -0.39 is 0 Å². The summed E-state index contributed by atoms with van der Waals surface area (Å²) in [4.78, 5) is 0. The van der Waals surface area contributed by atoms with Crippen LogP contribution in [0, 0.1) is 5.92 Å². The molecule has 1 N–H and O–H groups in total. The third-order valence-corrected chi connectivity index (χ3v) is 5.59. The molecule has 0 saturated heterocycles. The molecule has 0 amide bonds. The molecule has 3 heteroatoms. The van der Waals surface area contributed by atoms with Gasteiger partial charge in [-0.1, -0.05) is 46.0 Å². The number of rotatable bonds is 15. The zero-order chi connectivity index (χ0) is 18.4. The number of hydrogen-bond donors (Lipinski definition) is 1. The molecule has 150 valence electrons. The number of unbranched alkanes of at least 4 members (excludes halogenated alkanes) is 2. The normalized spacial score (nSPS) is 17.8. The minimum Gasteiger partial charge on any atom is -0.350 e. The molecule has 1 saturated carbocycles. The van der Waals surface area contributed by atoms with Crippen molar-refractivity contribution in [2.45, 2.75) is 117 Å². The van der Waals surface area contributed by atoms with Gasteiger partial charge in [-0.25, -0.2) is 0 Å². The molecule has 0 aliphatic heterocycles. The molecule has 1 atom stereocenters. The van der Waals surface area contributed by atoms with E-state index >= 15 is 0 Å². The molecular weight excluding hydrogens is 310 g/mol. The van der Waals surface area contributed by atoms with Gasteiger partial charge in [0.15, 0.2) is 5.79 Å². The Bertz CT molecular complexity index is 296. The second-order valence-corrected chi connectivity index (χ2v) is 7.97. The summed E-state index contributed by atoms with van der Waals surface area (Å²) in [6, 6.07) is 0.774. The van der Waals surface area contributed by atoms with Crippen LogP contribution in [0.4, 0.5) is 0 Å². The van der Waals surface area contributed by atoms with Gasteiger partial charge in [-0.05, 0) is 58.4 Å². The Morgan fingerprint density at radius 1 is 0.920 bits per heavy atom. The lowest BCUT2D eigenvalue weighted by Gasteiger charge is -2.34. The fourth-order valence-corrected chi connectivity index (χ4v) is 4.12. The van der Waals surface area contributed by atoms with Gasteiger partial charge in [0.25, 0.3) is 0 Å². The van der Waals surface area contributed by atoms with Crippen LogP contribution in [-0.4, -0.2) is 31.6 Å². The van der Waals surface area contributed by atoms with E-state index in [0.717, 1.165) is 44.6 Å². The van der Waals surface area contributed by atoms with Crippen molar-refractivity contribution in [3.63, 3.8) is 0 Å². The summed E-state index contributed by atoms with van der Waals surface area (Å²) in [7, 11) is 0. The molecule has 1 unspecified atom stereocenters. The van der Waals surface area contributed by atoms with Crippen LogP contribution < -0.4 is 5.32 Å². The van der Waals surface area contributed by atoms with Crippen molar-refractivity contribution in [3.05, 3.63) is 0 Å². The molecule has 0 radical (unpaired) electrons. The van der Waals surface area contributed by atoms with E-state index in [4.69, 9.17) is 9.47 Å². The maximum atomic E-state index is 6.12. The summed E-state index contributed by atoms with van der Waals surface area (Å²) in [6.45, 7) is 11.5. The summed E-state index contributed by atoms with van der Waals surface area (Å²) >= 11 is 0. The van der Waals surface area contributed by atoms with Gasteiger partial charge in [-0.3, -0.25) is 0 Å². The first-order valence-corrected chi connectivity index (χ1v) is 11.2. The quantitative estimate of drug-likeness (QED) is 0.286. The standard InChI is InChI=1S/C22H45NO2/c1-5-8-12-17-22(24-6-2,25-7-3)18-13-14-20(4)19-23-21-15-10-9-11-16-21/h20-21,23H,5-19H2,1-4H3. The molecular formula is C22H45NO2. The Labute approximate surface area is 157 Å². The van der Waals surface area contributed by atoms with Crippen LogP contribution in [0.5, 0.6) is 0 Å². The Morgan fingerprint density at radius 3 is 2.16 bits per heavy atom. The Kier molecular flexibility index (Phi) is 12.8. The van der Waals surface area contributed by atoms with Crippen LogP contribution in [0.15, 0.2) is 0 Å². The minimum atomic E-state index is -0.338. The summed E-state index contributed by atoms with van der Waals surface area (Å²) in [5, 5.41) is 3.80. The van der Waals surface area contributed by atoms with Crippen LogP contribution in [-0.2, 0) is 9.47 Å². The van der Waals surface area contributed by atoms with E-state index in [2.05, 4.69) is 33.0 Å². The second kappa shape index (κ2) is 14.0. The van der Waals surface area contributed by atoms with Crippen LogP contribution >= 0.6 is 0 Å². The van der Waals surface area contributed by atoms with Gasteiger partial charge in [0.05, 0.1) is 0 Å². The number of ether oxygens (including phenoxy) is 2. The molecule has 0 bridgehead atoms. The van der Waals surface area contributed by atoms with E-state index in [1.165, 1.54) is 64.2 Å². The molecule has 0 heterocycles. The molecule has 1 fully saturated rings. The SMILES string of the molecule is CCCCCC(CCCC(C)CNC1CCCCC1)(OCC)OCC. The second-order valence-electron chi connectivity index (χ2n) is 7.97. The van der Waals surface area contributed by atoms with Crippen molar-refractivity contribution in [3.8, 4) is 0 Å². The third-order valence-electron chi connectivity index (χ3n) is 5.59. The maximum Gasteiger partial charge on any atom is 0.168 e. The highest BCUT2D eigenvalue weighted by molar-refractivity contribution is 4.75. The van der Waals surface area contributed by atoms with Crippen molar-refractivity contribution < 1.29 is 9.47 Å². The minimum absolute atomic E-state index is 0.338. The molecule has 0 aromatic rings. The fourth-order valence-electron chi connectivity index (χ4n) is 4.12. The van der Waals surface area contributed by atoms with Gasteiger partial charge in [0.2, 0.25) is 0 Å². The first-order chi connectivity index (χ1) is 12.2. The summed E-state index contributed by atoms with van der Waals surface area (Å²) < 4.78 is 12.2. The number of hydrogen-bond acceptors (Lipinski definition) is 3. The molecule has 25 heavy (non-hydrogen) atoms. The van der Waals surface area contributed by atoms with Crippen molar-refractivity contribution in [1.29, 1.82) is 0 Å². The van der Waals surface area contributed by atoms with Crippen LogP contribution in [0.3, 0.4) is 0 Å². The van der Waals surface area contributed by atoms with Gasteiger partial charge < -0.3 is 14.8 Å². The maximum absolute atomic E-state index is 6.12. The predicted molar refractivity (Wildman–Crippen MR) is 108 cm³/mol. The summed E-state index contributed by atoms with van der Waals surface area (Å²) in [5.41, 5.74) is 0. The van der Waals surface area contributed by atoms with Gasteiger partial charge >= 0.3 is 0 Å². The topological polar surface area (TPSA) is 30.5 Å². The first kappa shape index (κ1) is 22.9. The molecule has 1 aliphatic carbocycles. The van der Waals surface area contributed by atoms with Gasteiger partial charge in [0, 0.05) is 32.1 Å². The molecule has 0 aromatic heterocycles. The van der Waals surface area contributed by atoms with E-state index in [0.29, 0.717) is 0 Å². The zero-order valence-corrected chi connectivity index (χ0v) is 17.6. The van der Waals surface area contributed by atoms with E-state index in [9.17, 15) is 0 Å². The van der Waals surface area contributed by atoms with Crippen molar-refractivity contribution in [2.75, 3.05) is 19.8 Å². The lowest BCUT2D eigenvalue weighted by atomic mass is 9.94. The fraction of sp³-hybridized carbons (Fsp3) is 1.00. The largest absolute Gasteiger partial charge is 0.350 e. The average molecular weight is 356 g/mol. The monoisotopic (exact) mass is 355 g/mol. The van der Waals surface area contributed by atoms with Crippen LogP contribution in [0.25, 0.3) is 0 Å². The van der Waals surface area contributed by atoms with Crippen LogP contribution in [0.1, 0.15) is 105 Å². The Morgan fingerprint density at radius 2 is 1.56 bits per heavy atom. The van der Waals surface area contributed by atoms with Gasteiger partial charge in [-0.2, -0.15) is 0 Å². The molecule has 1 aliphatic rings. The molecule has 0 aromatic carbocycles. The molecule has 0 spiro atoms. The summed E-state index contributed by atoms with van der Waals surface area (Å²) in [5.74, 6) is 0.397. The van der Waals surface area contributed by atoms with Crippen molar-refractivity contribution >= 4 is 0 Å². The number of nitrogens with one attached hydrogen (secondary N) is 1. The Hall–Kier alpha value is -0.120. The summed E-state index contributed by atoms with van der Waals surface area (Å²) in [6.07, 6.45) is 15.3. The highest BCUT2D eigenvalue weighted by atomic mass is 16.7. The average Bonchev–Trinajstić information content (AvgIpc) is 2.61. The van der Waals surface area contributed by atoms with Gasteiger partial charge in [0.1, 0.15) is 0 Å². The van der Waals surface area contributed by atoms with Crippen molar-refractivity contribution in [1.82, 2.24) is 5.32 Å². The molecule has 1 rings (SSSR count). The Balaban J connectivity index is 2.32. The predicted octanol–water partition coefficient (Wildman–Crippen LogP) is 6.06. The van der Waals surface area contributed by atoms with E-state index in [-0.39, 0.29) is 5.79 Å². The smallest absolute Gasteiger partial charge is 0.168 e. The van der Waals surface area contributed by atoms with Gasteiger partial charge in [-0.15, -0.1) is 0 Å². The van der Waals surface area contributed by atoms with Crippen LogP contribution in [0.2, 0.25) is 0 Å². The lowest BCUT2D eigenvalue weighted by Crippen LogP contribution is -2.37. The lowest BCUT2D eigenvalue weighted by molar-refractivity contribution is -0.242.